The van der Waals surface area contributed by atoms with E-state index in [4.69, 9.17) is 4.74 Å². The lowest BCUT2D eigenvalue weighted by Gasteiger charge is -2.34. The van der Waals surface area contributed by atoms with E-state index in [0.29, 0.717) is 19.1 Å². The minimum Gasteiger partial charge on any atom is -0.497 e. The first-order valence-electron chi connectivity index (χ1n) is 10.8. The Bertz CT molecular complexity index is 904. The second-order valence-electron chi connectivity index (χ2n) is 8.29. The van der Waals surface area contributed by atoms with Crippen molar-refractivity contribution >= 4 is 17.3 Å². The van der Waals surface area contributed by atoms with Gasteiger partial charge in [-0.1, -0.05) is 12.1 Å². The van der Waals surface area contributed by atoms with Crippen molar-refractivity contribution < 1.29 is 19.4 Å². The van der Waals surface area contributed by atoms with E-state index >= 15 is 0 Å². The lowest BCUT2D eigenvalue weighted by Crippen LogP contribution is -3.15. The predicted molar refractivity (Wildman–Crippen MR) is 117 cm³/mol. The number of nitro groups is 1. The van der Waals surface area contributed by atoms with E-state index in [0.717, 1.165) is 56.0 Å². The number of nitrogens with one attached hydrogen (secondary N) is 1. The largest absolute Gasteiger partial charge is 0.497 e. The number of nitrogens with zero attached hydrogens (tertiary/aromatic N) is 3. The monoisotopic (exact) mass is 425 g/mol. The number of anilines is 1. The standard InChI is InChI=1S/C23H28N4O4/c1-31-22-10-2-18(3-11-22)16-26(20-6-7-20)23(28)17-24-12-14-25(15-13-24)19-4-8-21(9-5-19)27(29)30/h2-5,8-11,20H,6-7,12-17H2,1H3/p+1. The van der Waals surface area contributed by atoms with Crippen LogP contribution in [0.25, 0.3) is 0 Å². The summed E-state index contributed by atoms with van der Waals surface area (Å²) in [5.41, 5.74) is 2.23. The van der Waals surface area contributed by atoms with E-state index in [1.807, 2.05) is 29.2 Å². The van der Waals surface area contributed by atoms with E-state index in [-0.39, 0.29) is 16.5 Å². The minimum atomic E-state index is -0.380. The Morgan fingerprint density at radius 3 is 2.32 bits per heavy atom. The average Bonchev–Trinajstić information content (AvgIpc) is 3.63. The molecule has 0 aromatic heterocycles. The number of piperazine rings is 1. The van der Waals surface area contributed by atoms with Crippen LogP contribution in [0, 0.1) is 10.1 Å². The van der Waals surface area contributed by atoms with Crippen LogP contribution in [0.5, 0.6) is 5.75 Å². The Hall–Kier alpha value is -3.13. The van der Waals surface area contributed by atoms with Crippen LogP contribution in [0.1, 0.15) is 18.4 Å². The Labute approximate surface area is 182 Å². The summed E-state index contributed by atoms with van der Waals surface area (Å²) in [6, 6.07) is 15.0. The van der Waals surface area contributed by atoms with Gasteiger partial charge in [-0.2, -0.15) is 0 Å². The summed E-state index contributed by atoms with van der Waals surface area (Å²) in [6.45, 7) is 4.59. The third-order valence-electron chi connectivity index (χ3n) is 6.12. The molecule has 2 aliphatic rings. The molecular formula is C23H29N4O4+. The lowest BCUT2D eigenvalue weighted by atomic mass is 10.2. The highest BCUT2D eigenvalue weighted by molar-refractivity contribution is 5.77. The van der Waals surface area contributed by atoms with Gasteiger partial charge in [-0.3, -0.25) is 14.9 Å². The molecule has 8 nitrogen and oxygen atoms in total. The number of quaternary nitrogens is 1. The number of amides is 1. The van der Waals surface area contributed by atoms with Gasteiger partial charge in [0.25, 0.3) is 11.6 Å². The van der Waals surface area contributed by atoms with Gasteiger partial charge in [0.1, 0.15) is 5.75 Å². The molecule has 1 amide bonds. The van der Waals surface area contributed by atoms with E-state index in [1.54, 1.807) is 31.4 Å². The Morgan fingerprint density at radius 1 is 1.13 bits per heavy atom. The molecule has 1 saturated heterocycles. The Balaban J connectivity index is 1.30. The lowest BCUT2D eigenvalue weighted by molar-refractivity contribution is -0.892. The first kappa shape index (κ1) is 21.1. The van der Waals surface area contributed by atoms with Crippen LogP contribution < -0.4 is 14.5 Å². The molecule has 1 aliphatic carbocycles. The third kappa shape index (κ3) is 5.32. The van der Waals surface area contributed by atoms with Crippen LogP contribution in [0.3, 0.4) is 0 Å². The van der Waals surface area contributed by atoms with Gasteiger partial charge >= 0.3 is 0 Å². The van der Waals surface area contributed by atoms with Crippen molar-refractivity contribution in [2.45, 2.75) is 25.4 Å². The van der Waals surface area contributed by atoms with Gasteiger partial charge in [0.05, 0.1) is 38.2 Å². The summed E-state index contributed by atoms with van der Waals surface area (Å²) in [7, 11) is 1.65. The second kappa shape index (κ2) is 9.34. The molecule has 1 aliphatic heterocycles. The van der Waals surface area contributed by atoms with Crippen molar-refractivity contribution in [2.75, 3.05) is 44.7 Å². The number of carbonyl (C=O) groups is 1. The summed E-state index contributed by atoms with van der Waals surface area (Å²) in [5.74, 6) is 1.04. The molecule has 4 rings (SSSR count). The number of rotatable bonds is 8. The normalized spacial score (nSPS) is 16.7. The molecule has 2 aromatic rings. The van der Waals surface area contributed by atoms with Crippen LogP contribution in [0.4, 0.5) is 11.4 Å². The number of non-ortho nitro benzene ring substituents is 1. The Kier molecular flexibility index (Phi) is 6.36. The van der Waals surface area contributed by atoms with Gasteiger partial charge in [0, 0.05) is 30.4 Å². The maximum Gasteiger partial charge on any atom is 0.278 e. The summed E-state index contributed by atoms with van der Waals surface area (Å²) >= 11 is 0. The molecule has 0 radical (unpaired) electrons. The zero-order valence-electron chi connectivity index (χ0n) is 17.8. The molecule has 1 N–H and O–H groups in total. The van der Waals surface area contributed by atoms with Crippen molar-refractivity contribution in [3.63, 3.8) is 0 Å². The molecule has 2 fully saturated rings. The van der Waals surface area contributed by atoms with Gasteiger partial charge in [-0.25, -0.2) is 0 Å². The van der Waals surface area contributed by atoms with Gasteiger partial charge in [-0.15, -0.1) is 0 Å². The molecule has 1 heterocycles. The van der Waals surface area contributed by atoms with Crippen molar-refractivity contribution in [3.05, 3.63) is 64.2 Å². The smallest absolute Gasteiger partial charge is 0.278 e. The molecule has 0 atom stereocenters. The van der Waals surface area contributed by atoms with Gasteiger partial charge in [-0.05, 0) is 42.7 Å². The van der Waals surface area contributed by atoms with E-state index in [9.17, 15) is 14.9 Å². The number of nitro benzene ring substituents is 1. The van der Waals surface area contributed by atoms with Gasteiger partial charge < -0.3 is 19.4 Å². The highest BCUT2D eigenvalue weighted by atomic mass is 16.6. The molecule has 1 saturated carbocycles. The summed E-state index contributed by atoms with van der Waals surface area (Å²) in [6.07, 6.45) is 2.18. The molecule has 2 aromatic carbocycles. The highest BCUT2D eigenvalue weighted by Gasteiger charge is 2.34. The molecule has 0 unspecified atom stereocenters. The second-order valence-corrected chi connectivity index (χ2v) is 8.29. The number of benzene rings is 2. The van der Waals surface area contributed by atoms with Crippen molar-refractivity contribution in [3.8, 4) is 5.75 Å². The number of carbonyl (C=O) groups excluding carboxylic acids is 1. The predicted octanol–water partition coefficient (Wildman–Crippen LogP) is 1.50. The quantitative estimate of drug-likeness (QED) is 0.512. The van der Waals surface area contributed by atoms with Crippen molar-refractivity contribution in [2.24, 2.45) is 0 Å². The van der Waals surface area contributed by atoms with E-state index in [2.05, 4.69) is 4.90 Å². The fourth-order valence-corrected chi connectivity index (χ4v) is 4.09. The van der Waals surface area contributed by atoms with Crippen molar-refractivity contribution in [1.29, 1.82) is 0 Å². The highest BCUT2D eigenvalue weighted by Crippen LogP contribution is 2.28. The third-order valence-corrected chi connectivity index (χ3v) is 6.12. The maximum absolute atomic E-state index is 13.1. The van der Waals surface area contributed by atoms with E-state index in [1.165, 1.54) is 4.90 Å². The van der Waals surface area contributed by atoms with Crippen LogP contribution in [0.15, 0.2) is 48.5 Å². The molecule has 8 heteroatoms. The molecule has 164 valence electrons. The van der Waals surface area contributed by atoms with Gasteiger partial charge in [0.2, 0.25) is 0 Å². The zero-order chi connectivity index (χ0) is 21.8. The average molecular weight is 426 g/mol. The maximum atomic E-state index is 13.1. The SMILES string of the molecule is COc1ccc(CN(C(=O)C[NH+]2CCN(c3ccc([N+](=O)[O-])cc3)CC2)C2CC2)cc1. The summed E-state index contributed by atoms with van der Waals surface area (Å²) in [5, 5.41) is 10.8. The van der Waals surface area contributed by atoms with E-state index < -0.39 is 0 Å². The minimum absolute atomic E-state index is 0.107. The Morgan fingerprint density at radius 2 is 1.77 bits per heavy atom. The molecule has 0 spiro atoms. The number of ether oxygens (including phenoxy) is 1. The van der Waals surface area contributed by atoms with Crippen LogP contribution >= 0.6 is 0 Å². The first-order chi connectivity index (χ1) is 15.0. The number of hydrogen-bond donors (Lipinski definition) is 1. The fraction of sp³-hybridized carbons (Fsp3) is 0.435. The number of methoxy groups -OCH3 is 1. The molecule has 31 heavy (non-hydrogen) atoms. The summed E-state index contributed by atoms with van der Waals surface area (Å²) in [4.78, 5) is 29.1. The number of hydrogen-bond acceptors (Lipinski definition) is 5. The van der Waals surface area contributed by atoms with Gasteiger partial charge in [0.15, 0.2) is 6.54 Å². The topological polar surface area (TPSA) is 80.4 Å². The zero-order valence-corrected chi connectivity index (χ0v) is 17.8. The van der Waals surface area contributed by atoms with Crippen molar-refractivity contribution in [1.82, 2.24) is 4.90 Å². The first-order valence-corrected chi connectivity index (χ1v) is 10.8. The summed E-state index contributed by atoms with van der Waals surface area (Å²) < 4.78 is 5.22. The molecule has 0 bridgehead atoms. The fourth-order valence-electron chi connectivity index (χ4n) is 4.09. The van der Waals surface area contributed by atoms with Crippen LogP contribution in [0.2, 0.25) is 0 Å². The van der Waals surface area contributed by atoms with Crippen LogP contribution in [-0.2, 0) is 11.3 Å². The van der Waals surface area contributed by atoms with Crippen LogP contribution in [-0.4, -0.2) is 61.6 Å². The molecular weight excluding hydrogens is 396 g/mol.